The molecule has 23 aromatic carbocycles. The average Bonchev–Trinajstić information content (AvgIpc) is 1.55. The van der Waals surface area contributed by atoms with Crippen molar-refractivity contribution in [2.24, 2.45) is 0 Å². The Balaban J connectivity index is 0.000000104. The number of para-hydroxylation sites is 10. The van der Waals surface area contributed by atoms with Crippen molar-refractivity contribution in [2.75, 3.05) is 0 Å². The second-order valence-electron chi connectivity index (χ2n) is 38.6. The zero-order chi connectivity index (χ0) is 98.5. The minimum atomic E-state index is 0.816. The monoisotopic (exact) mass is 1910 g/mol. The van der Waals surface area contributed by atoms with Crippen LogP contribution in [0.4, 0.5) is 0 Å². The van der Waals surface area contributed by atoms with Crippen LogP contribution in [0.5, 0.6) is 0 Å². The van der Waals surface area contributed by atoms with Gasteiger partial charge >= 0.3 is 0 Å². The van der Waals surface area contributed by atoms with Crippen LogP contribution in [0.3, 0.4) is 0 Å². The third kappa shape index (κ3) is 13.6. The minimum Gasteiger partial charge on any atom is -0.309 e. The number of nitrogens with zero attached hydrogens (tertiary/aromatic N) is 12. The molecule has 12 nitrogen and oxygen atoms in total. The van der Waals surface area contributed by atoms with E-state index in [9.17, 15) is 0 Å². The maximum atomic E-state index is 5.47. The Kier molecular flexibility index (Phi) is 19.7. The second-order valence-corrected chi connectivity index (χ2v) is 38.6. The maximum absolute atomic E-state index is 5.47. The number of benzene rings is 23. The van der Waals surface area contributed by atoms with Crippen LogP contribution in [-0.2, 0) is 0 Å². The Morgan fingerprint density at radius 3 is 0.667 bits per heavy atom. The van der Waals surface area contributed by atoms with Crippen LogP contribution < -0.4 is 0 Å². The van der Waals surface area contributed by atoms with E-state index in [0.717, 1.165) is 157 Å². The highest BCUT2D eigenvalue weighted by molar-refractivity contribution is 6.33. The molecule has 0 amide bonds. The van der Waals surface area contributed by atoms with Crippen LogP contribution in [0.25, 0.3) is 287 Å². The average molecular weight is 1910 g/mol. The molecule has 12 heteroatoms. The zero-order valence-corrected chi connectivity index (χ0v) is 81.0. The van der Waals surface area contributed by atoms with Crippen LogP contribution in [0, 0.1) is 0 Å². The van der Waals surface area contributed by atoms with Gasteiger partial charge in [0.25, 0.3) is 0 Å². The predicted molar refractivity (Wildman–Crippen MR) is 624 cm³/mol. The molecule has 0 aliphatic carbocycles. The van der Waals surface area contributed by atoms with Gasteiger partial charge in [-0.25, -0.2) is 29.9 Å². The van der Waals surface area contributed by atoms with Crippen LogP contribution in [0.15, 0.2) is 522 Å². The SMILES string of the molecule is c1ccc(-c2ccc3nc(-c4ccccc4)c(-n4c5ccccc5c5c6c7ccccc7n(-c7ccccc7)c6ccc54)nc3c2)cc1.c1ccc(-c2ccc3nc(-n4c5ccccc5c5c6c7ccccc7n(-c7ccccc7)c6ccc54)c(-c4ccccc4)nc3c2)cc1.c1ccc(-c2nc3ccccc3nc2-n2c3ccccc3c3c4c5ccccc5n(-c5ccc6c7ccccc7c7ccccc7c6c5)c4ccc32)cc1. The lowest BCUT2D eigenvalue weighted by Crippen LogP contribution is -2.04. The van der Waals surface area contributed by atoms with Gasteiger partial charge in [-0.2, -0.15) is 0 Å². The van der Waals surface area contributed by atoms with Crippen LogP contribution in [0.2, 0.25) is 0 Å². The molecule has 0 spiro atoms. The Hall–Kier alpha value is -20.3. The summed E-state index contributed by atoms with van der Waals surface area (Å²) in [4.78, 5) is 32.2. The lowest BCUT2D eigenvalue weighted by atomic mass is 9.94. The lowest BCUT2D eigenvalue weighted by molar-refractivity contribution is 1.08. The number of hydrogen-bond acceptors (Lipinski definition) is 6. The van der Waals surface area contributed by atoms with Crippen molar-refractivity contribution in [1.82, 2.24) is 57.3 Å². The van der Waals surface area contributed by atoms with Gasteiger partial charge in [-0.1, -0.05) is 376 Å². The number of rotatable bonds is 11. The quantitative estimate of drug-likeness (QED) is 0.119. The molecule has 150 heavy (non-hydrogen) atoms. The molecule has 0 N–H and O–H groups in total. The van der Waals surface area contributed by atoms with Gasteiger partial charge in [0.2, 0.25) is 0 Å². The molecule has 0 fully saturated rings. The maximum Gasteiger partial charge on any atom is 0.165 e. The van der Waals surface area contributed by atoms with Gasteiger partial charge in [0, 0.05) is 98.4 Å². The predicted octanol–water partition coefficient (Wildman–Crippen LogP) is 35.3. The zero-order valence-electron chi connectivity index (χ0n) is 81.0. The summed E-state index contributed by atoms with van der Waals surface area (Å²) in [7, 11) is 0. The van der Waals surface area contributed by atoms with Crippen molar-refractivity contribution in [3.8, 4) is 90.5 Å². The number of fused-ring (bicyclic) bond motifs is 30. The van der Waals surface area contributed by atoms with Gasteiger partial charge < -0.3 is 13.7 Å². The topological polar surface area (TPSA) is 107 Å². The summed E-state index contributed by atoms with van der Waals surface area (Å²) in [6.07, 6.45) is 0. The number of aromatic nitrogens is 12. The molecule has 0 aliphatic rings. The summed E-state index contributed by atoms with van der Waals surface area (Å²) >= 11 is 0. The van der Waals surface area contributed by atoms with Gasteiger partial charge in [-0.3, -0.25) is 13.7 Å². The van der Waals surface area contributed by atoms with Crippen molar-refractivity contribution < 1.29 is 0 Å². The summed E-state index contributed by atoms with van der Waals surface area (Å²) in [5.74, 6) is 2.46. The smallest absolute Gasteiger partial charge is 0.165 e. The summed E-state index contributed by atoms with van der Waals surface area (Å²) in [5, 5.41) is 22.2. The molecule has 0 bridgehead atoms. The summed E-state index contributed by atoms with van der Waals surface area (Å²) < 4.78 is 14.2. The van der Waals surface area contributed by atoms with E-state index in [2.05, 4.69) is 501 Å². The summed E-state index contributed by atoms with van der Waals surface area (Å²) in [5.41, 5.74) is 32.5. The first-order valence-corrected chi connectivity index (χ1v) is 51.0. The Bertz CT molecular complexity index is 11100. The molecule has 0 saturated heterocycles. The van der Waals surface area contributed by atoms with Crippen molar-refractivity contribution in [3.63, 3.8) is 0 Å². The molecule has 0 atom stereocenters. The highest BCUT2D eigenvalue weighted by Gasteiger charge is 2.30. The molecule has 9 heterocycles. The van der Waals surface area contributed by atoms with E-state index >= 15 is 0 Å². The Morgan fingerprint density at radius 2 is 0.333 bits per heavy atom. The molecule has 32 aromatic rings. The highest BCUT2D eigenvalue weighted by Crippen LogP contribution is 2.50. The molecule has 32 rings (SSSR count). The molecule has 0 radical (unpaired) electrons. The van der Waals surface area contributed by atoms with Crippen LogP contribution >= 0.6 is 0 Å². The fourth-order valence-electron chi connectivity index (χ4n) is 23.8. The van der Waals surface area contributed by atoms with Gasteiger partial charge in [0.05, 0.1) is 99.3 Å². The largest absolute Gasteiger partial charge is 0.309 e. The Morgan fingerprint density at radius 1 is 0.113 bits per heavy atom. The second kappa shape index (κ2) is 34.7. The minimum absolute atomic E-state index is 0.816. The first-order valence-electron chi connectivity index (χ1n) is 51.0. The molecule has 698 valence electrons. The fraction of sp³-hybridized carbons (Fsp3) is 0. The van der Waals surface area contributed by atoms with Crippen LogP contribution in [0.1, 0.15) is 0 Å². The highest BCUT2D eigenvalue weighted by atomic mass is 15.1. The molecule has 9 aromatic heterocycles. The lowest BCUT2D eigenvalue weighted by Gasteiger charge is -2.14. The summed E-state index contributed by atoms with van der Waals surface area (Å²) in [6.45, 7) is 0. The molecule has 0 unspecified atom stereocenters. The van der Waals surface area contributed by atoms with Gasteiger partial charge in [-0.05, 0) is 200 Å². The number of hydrogen-bond donors (Lipinski definition) is 0. The van der Waals surface area contributed by atoms with Gasteiger partial charge in [0.15, 0.2) is 17.5 Å². The Labute approximate surface area is 859 Å². The standard InChI is InChI=1S/C50H30N4.2C44H28N4/c1-2-14-31(15-3-1)49-50(52-42-23-11-10-22-41(42)51-49)54-44-25-13-9-21-39(44)48-46(54)29-28-45-47(48)38-20-8-12-24-43(38)53(45)32-26-27-37-35-18-5-4-16-33(35)34-17-6-7-19-36(34)40(37)30-32;1-4-14-29(15-5-1)31-24-25-35-36(28-31)45-43(30-16-6-2-7-17-30)44(46-35)48-38-23-13-11-21-34(38)42-40(48)27-26-39-41(42)33-20-10-12-22-37(33)47(39)32-18-8-3-9-19-32;1-4-14-29(15-5-1)31-24-25-35-36(28-31)46-44(43(45-35)30-16-6-2-7-17-30)48-38-23-13-11-21-34(38)42-40(48)27-26-39-41(42)33-20-10-12-22-37(33)47(39)32-18-8-3-9-19-32/h1-30H;2*1-28H. The molecule has 0 saturated carbocycles. The first kappa shape index (κ1) is 85.3. The molecular formula is C138H86N12. The van der Waals surface area contributed by atoms with Crippen molar-refractivity contribution in [2.45, 2.75) is 0 Å². The van der Waals surface area contributed by atoms with E-state index in [0.29, 0.717) is 0 Å². The van der Waals surface area contributed by atoms with Crippen molar-refractivity contribution in [1.29, 1.82) is 0 Å². The normalized spacial score (nSPS) is 11.9. The molecule has 0 aliphatic heterocycles. The van der Waals surface area contributed by atoms with E-state index in [-0.39, 0.29) is 0 Å². The van der Waals surface area contributed by atoms with E-state index < -0.39 is 0 Å². The van der Waals surface area contributed by atoms with Crippen molar-refractivity contribution >= 4 is 196 Å². The fourth-order valence-corrected chi connectivity index (χ4v) is 23.8. The first-order chi connectivity index (χ1) is 74.5. The van der Waals surface area contributed by atoms with Gasteiger partial charge in [-0.15, -0.1) is 0 Å². The van der Waals surface area contributed by atoms with E-state index in [4.69, 9.17) is 29.9 Å². The third-order valence-electron chi connectivity index (χ3n) is 30.3. The molecular weight excluding hydrogens is 1830 g/mol. The van der Waals surface area contributed by atoms with E-state index in [1.54, 1.807) is 0 Å². The van der Waals surface area contributed by atoms with Gasteiger partial charge in [0.1, 0.15) is 17.1 Å². The van der Waals surface area contributed by atoms with E-state index in [1.165, 1.54) is 130 Å². The third-order valence-corrected chi connectivity index (χ3v) is 30.3. The van der Waals surface area contributed by atoms with E-state index in [1.807, 2.05) is 48.5 Å². The van der Waals surface area contributed by atoms with Crippen molar-refractivity contribution in [3.05, 3.63) is 522 Å². The van der Waals surface area contributed by atoms with Crippen LogP contribution in [-0.4, -0.2) is 57.3 Å². The summed E-state index contributed by atoms with van der Waals surface area (Å²) in [6, 6.07) is 185.